The van der Waals surface area contributed by atoms with Crippen molar-refractivity contribution in [1.82, 2.24) is 4.90 Å². The molecule has 6 nitrogen and oxygen atoms in total. The molecule has 0 bridgehead atoms. The molecule has 0 atom stereocenters. The Morgan fingerprint density at radius 2 is 2.11 bits per heavy atom. The van der Waals surface area contributed by atoms with Crippen LogP contribution in [0.1, 0.15) is 5.56 Å². The Kier molecular flexibility index (Phi) is 3.15. The van der Waals surface area contributed by atoms with Gasteiger partial charge in [-0.25, -0.2) is 0 Å². The number of likely N-dealkylation sites (N-methyl/N-ethyl adjacent to an activating group) is 1. The van der Waals surface area contributed by atoms with Crippen LogP contribution in [0.25, 0.3) is 6.08 Å². The molecule has 1 aromatic rings. The van der Waals surface area contributed by atoms with Crippen LogP contribution in [0.15, 0.2) is 29.2 Å². The molecule has 0 radical (unpaired) electrons. The summed E-state index contributed by atoms with van der Waals surface area (Å²) in [4.78, 5) is 34.3. The smallest absolute Gasteiger partial charge is 0.272 e. The average Bonchev–Trinajstić information content (AvgIpc) is 2.57. The molecule has 1 aliphatic heterocycles. The number of nitrogens with zero attached hydrogens (tertiary/aromatic N) is 2. The lowest BCUT2D eigenvalue weighted by molar-refractivity contribution is -0.384. The van der Waals surface area contributed by atoms with Gasteiger partial charge in [-0.2, -0.15) is 0 Å². The van der Waals surface area contributed by atoms with E-state index in [9.17, 15) is 19.7 Å². The van der Waals surface area contributed by atoms with Gasteiger partial charge in [0, 0.05) is 19.2 Å². The predicted octanol–water partition coefficient (Wildman–Crippen LogP) is 2.26. The Morgan fingerprint density at radius 1 is 1.39 bits per heavy atom. The first-order valence-electron chi connectivity index (χ1n) is 4.95. The van der Waals surface area contributed by atoms with E-state index in [1.807, 2.05) is 0 Å². The van der Waals surface area contributed by atoms with Gasteiger partial charge >= 0.3 is 0 Å². The van der Waals surface area contributed by atoms with E-state index in [-0.39, 0.29) is 15.8 Å². The van der Waals surface area contributed by atoms with E-state index < -0.39 is 10.8 Å². The van der Waals surface area contributed by atoms with Gasteiger partial charge in [0.15, 0.2) is 0 Å². The highest BCUT2D eigenvalue weighted by atomic mass is 32.2. The predicted molar refractivity (Wildman–Crippen MR) is 66.8 cm³/mol. The third kappa shape index (κ3) is 2.25. The quantitative estimate of drug-likeness (QED) is 0.465. The van der Waals surface area contributed by atoms with Crippen molar-refractivity contribution in [3.8, 4) is 0 Å². The molecule has 7 heteroatoms. The van der Waals surface area contributed by atoms with Gasteiger partial charge in [-0.05, 0) is 23.4 Å². The molecule has 1 fully saturated rings. The number of carbonyl (C=O) groups excluding carboxylic acids is 2. The molecule has 92 valence electrons. The zero-order valence-electron chi connectivity index (χ0n) is 9.32. The number of imide groups is 1. The summed E-state index contributed by atoms with van der Waals surface area (Å²) in [7, 11) is 1.39. The minimum absolute atomic E-state index is 0.0560. The molecule has 2 amide bonds. The highest BCUT2D eigenvalue weighted by Gasteiger charge is 2.31. The summed E-state index contributed by atoms with van der Waals surface area (Å²) in [5.74, 6) is -0.392. The maximum absolute atomic E-state index is 11.6. The molecule has 0 spiro atoms. The first-order valence-corrected chi connectivity index (χ1v) is 5.76. The molecule has 1 aromatic carbocycles. The molecule has 0 saturated carbocycles. The summed E-state index contributed by atoms with van der Waals surface area (Å²) < 4.78 is 0. The molecule has 0 aliphatic carbocycles. The van der Waals surface area contributed by atoms with Crippen molar-refractivity contribution in [2.75, 3.05) is 7.05 Å². The second kappa shape index (κ2) is 4.61. The van der Waals surface area contributed by atoms with Crippen LogP contribution in [0, 0.1) is 10.1 Å². The first-order chi connectivity index (χ1) is 8.49. The second-order valence-electron chi connectivity index (χ2n) is 3.59. The number of benzene rings is 1. The number of nitro groups is 1. The van der Waals surface area contributed by atoms with Gasteiger partial charge in [-0.15, -0.1) is 0 Å². The van der Waals surface area contributed by atoms with Gasteiger partial charge in [0.2, 0.25) is 0 Å². The number of hydrogen-bond donors (Lipinski definition) is 0. The molecule has 1 saturated heterocycles. The van der Waals surface area contributed by atoms with E-state index in [0.717, 1.165) is 16.7 Å². The standard InChI is InChI=1S/C11H8N2O4S/c1-12-10(14)9(18-11(12)15)6-7-3-2-4-8(5-7)13(16)17/h2-6H,1H3. The minimum Gasteiger partial charge on any atom is -0.272 e. The van der Waals surface area contributed by atoms with Crippen LogP contribution in [-0.4, -0.2) is 28.0 Å². The Labute approximate surface area is 106 Å². The van der Waals surface area contributed by atoms with Crippen LogP contribution >= 0.6 is 11.8 Å². The van der Waals surface area contributed by atoms with Crippen molar-refractivity contribution < 1.29 is 14.5 Å². The first kappa shape index (κ1) is 12.3. The van der Waals surface area contributed by atoms with Crippen molar-refractivity contribution in [2.24, 2.45) is 0 Å². The van der Waals surface area contributed by atoms with Crippen LogP contribution in [0.3, 0.4) is 0 Å². The maximum Gasteiger partial charge on any atom is 0.293 e. The maximum atomic E-state index is 11.6. The van der Waals surface area contributed by atoms with Crippen molar-refractivity contribution in [3.05, 3.63) is 44.8 Å². The molecule has 2 rings (SSSR count). The zero-order chi connectivity index (χ0) is 13.3. The van der Waals surface area contributed by atoms with Gasteiger partial charge in [0.1, 0.15) is 0 Å². The number of non-ortho nitro benzene ring substituents is 1. The van der Waals surface area contributed by atoms with Crippen molar-refractivity contribution in [3.63, 3.8) is 0 Å². The Bertz CT molecular complexity index is 582. The Balaban J connectivity index is 2.34. The fraction of sp³-hybridized carbons (Fsp3) is 0.0909. The second-order valence-corrected chi connectivity index (χ2v) is 4.59. The fourth-order valence-electron chi connectivity index (χ4n) is 1.43. The van der Waals surface area contributed by atoms with Crippen molar-refractivity contribution in [1.29, 1.82) is 0 Å². The van der Waals surface area contributed by atoms with E-state index in [2.05, 4.69) is 0 Å². The summed E-state index contributed by atoms with van der Waals surface area (Å²) in [6, 6.07) is 5.88. The number of thioether (sulfide) groups is 1. The SMILES string of the molecule is CN1C(=O)SC(=Cc2cccc([N+](=O)[O-])c2)C1=O. The number of rotatable bonds is 2. The van der Waals surface area contributed by atoms with Crippen LogP contribution < -0.4 is 0 Å². The molecule has 1 aliphatic rings. The molecule has 0 unspecified atom stereocenters. The summed E-state index contributed by atoms with van der Waals surface area (Å²) in [6.07, 6.45) is 1.47. The number of hydrogen-bond acceptors (Lipinski definition) is 5. The monoisotopic (exact) mass is 264 g/mol. The van der Waals surface area contributed by atoms with Gasteiger partial charge in [0.05, 0.1) is 9.83 Å². The van der Waals surface area contributed by atoms with Crippen molar-refractivity contribution in [2.45, 2.75) is 0 Å². The lowest BCUT2D eigenvalue weighted by atomic mass is 10.2. The fourth-order valence-corrected chi connectivity index (χ4v) is 2.25. The van der Waals surface area contributed by atoms with Gasteiger partial charge in [0.25, 0.3) is 16.8 Å². The van der Waals surface area contributed by atoms with Gasteiger partial charge in [-0.3, -0.25) is 24.6 Å². The van der Waals surface area contributed by atoms with Gasteiger partial charge < -0.3 is 0 Å². The summed E-state index contributed by atoms with van der Waals surface area (Å²) in [5.41, 5.74) is 0.461. The minimum atomic E-state index is -0.511. The van der Waals surface area contributed by atoms with E-state index in [4.69, 9.17) is 0 Å². The lowest BCUT2D eigenvalue weighted by Gasteiger charge is -2.00. The molecule has 18 heavy (non-hydrogen) atoms. The zero-order valence-corrected chi connectivity index (χ0v) is 10.1. The Hall–Kier alpha value is -2.15. The Morgan fingerprint density at radius 3 is 2.67 bits per heavy atom. The van der Waals surface area contributed by atoms with Crippen molar-refractivity contribution >= 4 is 34.7 Å². The molecule has 0 aromatic heterocycles. The van der Waals surface area contributed by atoms with E-state index in [1.165, 1.54) is 31.3 Å². The van der Waals surface area contributed by atoms with E-state index in [1.54, 1.807) is 6.07 Å². The van der Waals surface area contributed by atoms with Crippen LogP contribution in [0.2, 0.25) is 0 Å². The van der Waals surface area contributed by atoms with Crippen LogP contribution in [0.5, 0.6) is 0 Å². The number of carbonyl (C=O) groups is 2. The van der Waals surface area contributed by atoms with E-state index in [0.29, 0.717) is 5.56 Å². The summed E-state index contributed by atoms with van der Waals surface area (Å²) >= 11 is 0.820. The third-order valence-corrected chi connectivity index (χ3v) is 3.33. The molecular weight excluding hydrogens is 256 g/mol. The average molecular weight is 264 g/mol. The lowest BCUT2D eigenvalue weighted by Crippen LogP contribution is -2.22. The number of amides is 2. The largest absolute Gasteiger partial charge is 0.293 e. The molecule has 1 heterocycles. The summed E-state index contributed by atoms with van der Waals surface area (Å²) in [5, 5.41) is 10.3. The normalized spacial score (nSPS) is 17.6. The van der Waals surface area contributed by atoms with Gasteiger partial charge in [-0.1, -0.05) is 12.1 Å². The third-order valence-electron chi connectivity index (χ3n) is 2.37. The topological polar surface area (TPSA) is 80.5 Å². The van der Waals surface area contributed by atoms with Crippen LogP contribution in [-0.2, 0) is 4.79 Å². The van der Waals surface area contributed by atoms with Crippen LogP contribution in [0.4, 0.5) is 10.5 Å². The highest BCUT2D eigenvalue weighted by Crippen LogP contribution is 2.31. The summed E-state index contributed by atoms with van der Waals surface area (Å²) in [6.45, 7) is 0. The number of nitro benzene ring substituents is 1. The van der Waals surface area contributed by atoms with E-state index >= 15 is 0 Å². The molecular formula is C11H8N2O4S. The highest BCUT2D eigenvalue weighted by molar-refractivity contribution is 8.18. The molecule has 0 N–H and O–H groups in total.